The molecule has 32 heavy (non-hydrogen) atoms. The number of benzene rings is 3. The lowest BCUT2D eigenvalue weighted by atomic mass is 10.0. The molecule has 1 atom stereocenters. The van der Waals surface area contributed by atoms with Gasteiger partial charge >= 0.3 is 0 Å². The predicted octanol–water partition coefficient (Wildman–Crippen LogP) is 5.37. The molecule has 1 fully saturated rings. The molecular weight excluding hydrogens is 394 g/mol. The highest BCUT2D eigenvalue weighted by molar-refractivity contribution is 5.95. The van der Waals surface area contributed by atoms with Crippen LogP contribution in [-0.4, -0.2) is 23.9 Å². The number of hydrogen-bond acceptors (Lipinski definition) is 3. The molecule has 0 bridgehead atoms. The Kier molecular flexibility index (Phi) is 7.35. The second-order valence-corrected chi connectivity index (χ2v) is 8.84. The molecule has 2 N–H and O–H groups in total. The minimum atomic E-state index is -0.433. The Labute approximate surface area is 191 Å². The Hall–Kier alpha value is -2.95. The highest BCUT2D eigenvalue weighted by Gasteiger charge is 2.21. The summed E-state index contributed by atoms with van der Waals surface area (Å²) in [7, 11) is 0. The Bertz CT molecular complexity index is 1020. The lowest BCUT2D eigenvalue weighted by molar-refractivity contribution is -0.118. The van der Waals surface area contributed by atoms with E-state index in [2.05, 4.69) is 45.9 Å². The van der Waals surface area contributed by atoms with Crippen LogP contribution in [0.4, 0.5) is 5.69 Å². The van der Waals surface area contributed by atoms with Crippen LogP contribution in [-0.2, 0) is 17.9 Å². The fourth-order valence-corrected chi connectivity index (χ4v) is 4.55. The maximum absolute atomic E-state index is 13.3. The van der Waals surface area contributed by atoms with E-state index in [1.165, 1.54) is 37.1 Å². The Balaban J connectivity index is 1.51. The average molecular weight is 428 g/mol. The van der Waals surface area contributed by atoms with Crippen LogP contribution < -0.4 is 10.6 Å². The molecule has 166 valence electrons. The molecule has 1 aliphatic heterocycles. The van der Waals surface area contributed by atoms with Gasteiger partial charge in [-0.3, -0.25) is 15.0 Å². The summed E-state index contributed by atoms with van der Waals surface area (Å²) in [5.74, 6) is -0.0433. The largest absolute Gasteiger partial charge is 0.324 e. The molecule has 1 saturated heterocycles. The summed E-state index contributed by atoms with van der Waals surface area (Å²) in [4.78, 5) is 15.9. The lowest BCUT2D eigenvalue weighted by Crippen LogP contribution is -2.33. The minimum absolute atomic E-state index is 0.0433. The highest BCUT2D eigenvalue weighted by atomic mass is 16.2. The molecule has 0 aromatic heterocycles. The molecular formula is C28H33N3O. The topological polar surface area (TPSA) is 44.4 Å². The standard InChI is InChI=1S/C28H33N3O/c1-21-16-22(2)18-26(17-21)30-28(32)27(23-10-4-3-5-11-23)29-19-24-12-6-7-13-25(24)20-31-14-8-9-15-31/h3-7,10-13,16-18,27,29H,8-9,14-15,19-20H2,1-2H3,(H,30,32). The van der Waals surface area contributed by atoms with Gasteiger partial charge in [0.1, 0.15) is 6.04 Å². The Morgan fingerprint density at radius 2 is 1.50 bits per heavy atom. The van der Waals surface area contributed by atoms with Crippen LogP contribution in [0.5, 0.6) is 0 Å². The lowest BCUT2D eigenvalue weighted by Gasteiger charge is -2.22. The molecule has 1 aliphatic rings. The van der Waals surface area contributed by atoms with Crippen molar-refractivity contribution in [3.8, 4) is 0 Å². The van der Waals surface area contributed by atoms with Crippen LogP contribution in [0.1, 0.15) is 46.7 Å². The van der Waals surface area contributed by atoms with E-state index in [4.69, 9.17) is 0 Å². The van der Waals surface area contributed by atoms with Gasteiger partial charge in [0.2, 0.25) is 5.91 Å². The van der Waals surface area contributed by atoms with Crippen LogP contribution >= 0.6 is 0 Å². The number of hydrogen-bond donors (Lipinski definition) is 2. The third kappa shape index (κ3) is 5.84. The van der Waals surface area contributed by atoms with Gasteiger partial charge < -0.3 is 5.32 Å². The van der Waals surface area contributed by atoms with Gasteiger partial charge in [-0.1, -0.05) is 60.7 Å². The van der Waals surface area contributed by atoms with Gasteiger partial charge in [0.25, 0.3) is 0 Å². The molecule has 3 aromatic carbocycles. The van der Waals surface area contributed by atoms with E-state index in [-0.39, 0.29) is 5.91 Å². The van der Waals surface area contributed by atoms with E-state index in [0.717, 1.165) is 28.9 Å². The van der Waals surface area contributed by atoms with Crippen molar-refractivity contribution in [1.82, 2.24) is 10.2 Å². The van der Waals surface area contributed by atoms with E-state index in [1.807, 2.05) is 56.3 Å². The number of rotatable bonds is 8. The number of nitrogens with zero attached hydrogens (tertiary/aromatic N) is 1. The van der Waals surface area contributed by atoms with E-state index in [1.54, 1.807) is 0 Å². The smallest absolute Gasteiger partial charge is 0.246 e. The summed E-state index contributed by atoms with van der Waals surface area (Å²) in [6, 6.07) is 24.2. The van der Waals surface area contributed by atoms with E-state index in [0.29, 0.717) is 6.54 Å². The van der Waals surface area contributed by atoms with Gasteiger partial charge in [0.15, 0.2) is 0 Å². The van der Waals surface area contributed by atoms with Gasteiger partial charge in [-0.2, -0.15) is 0 Å². The van der Waals surface area contributed by atoms with Crippen molar-refractivity contribution in [2.75, 3.05) is 18.4 Å². The van der Waals surface area contributed by atoms with Crippen molar-refractivity contribution in [3.05, 3.63) is 101 Å². The van der Waals surface area contributed by atoms with Gasteiger partial charge in [-0.05, 0) is 79.7 Å². The number of anilines is 1. The summed E-state index contributed by atoms with van der Waals surface area (Å²) >= 11 is 0. The molecule has 0 radical (unpaired) electrons. The van der Waals surface area contributed by atoms with Crippen molar-refractivity contribution in [1.29, 1.82) is 0 Å². The zero-order chi connectivity index (χ0) is 22.3. The zero-order valence-corrected chi connectivity index (χ0v) is 19.1. The molecule has 1 heterocycles. The second-order valence-electron chi connectivity index (χ2n) is 8.84. The summed E-state index contributed by atoms with van der Waals surface area (Å²) in [5, 5.41) is 6.66. The number of carbonyl (C=O) groups excluding carboxylic acids is 1. The van der Waals surface area contributed by atoms with Gasteiger partial charge in [0.05, 0.1) is 0 Å². The Morgan fingerprint density at radius 1 is 0.875 bits per heavy atom. The van der Waals surface area contributed by atoms with Crippen LogP contribution in [0.15, 0.2) is 72.8 Å². The Morgan fingerprint density at radius 3 is 2.19 bits per heavy atom. The van der Waals surface area contributed by atoms with Crippen LogP contribution in [0.3, 0.4) is 0 Å². The van der Waals surface area contributed by atoms with E-state index in [9.17, 15) is 4.79 Å². The van der Waals surface area contributed by atoms with Crippen LogP contribution in [0.2, 0.25) is 0 Å². The fourth-order valence-electron chi connectivity index (χ4n) is 4.55. The molecule has 1 unspecified atom stereocenters. The normalized spacial score (nSPS) is 14.9. The predicted molar refractivity (Wildman–Crippen MR) is 132 cm³/mol. The maximum atomic E-state index is 13.3. The number of likely N-dealkylation sites (tertiary alicyclic amines) is 1. The first-order chi connectivity index (χ1) is 15.6. The first-order valence-electron chi connectivity index (χ1n) is 11.5. The quantitative estimate of drug-likeness (QED) is 0.508. The van der Waals surface area contributed by atoms with Crippen LogP contribution in [0.25, 0.3) is 0 Å². The molecule has 0 saturated carbocycles. The summed E-state index contributed by atoms with van der Waals surface area (Å²) in [6.07, 6.45) is 2.57. The number of nitrogens with one attached hydrogen (secondary N) is 2. The van der Waals surface area contributed by atoms with Gasteiger partial charge in [0, 0.05) is 18.8 Å². The van der Waals surface area contributed by atoms with Crippen molar-refractivity contribution >= 4 is 11.6 Å². The monoisotopic (exact) mass is 427 g/mol. The first-order valence-corrected chi connectivity index (χ1v) is 11.5. The van der Waals surface area contributed by atoms with Crippen LogP contribution in [0, 0.1) is 13.8 Å². The van der Waals surface area contributed by atoms with Crippen molar-refractivity contribution in [3.63, 3.8) is 0 Å². The van der Waals surface area contributed by atoms with Crippen molar-refractivity contribution in [2.24, 2.45) is 0 Å². The number of amides is 1. The maximum Gasteiger partial charge on any atom is 0.246 e. The van der Waals surface area contributed by atoms with E-state index < -0.39 is 6.04 Å². The summed E-state index contributed by atoms with van der Waals surface area (Å²) < 4.78 is 0. The number of aryl methyl sites for hydroxylation is 2. The third-order valence-corrected chi connectivity index (χ3v) is 6.09. The minimum Gasteiger partial charge on any atom is -0.324 e. The highest BCUT2D eigenvalue weighted by Crippen LogP contribution is 2.21. The van der Waals surface area contributed by atoms with E-state index >= 15 is 0 Å². The zero-order valence-electron chi connectivity index (χ0n) is 19.1. The molecule has 0 spiro atoms. The summed E-state index contributed by atoms with van der Waals surface area (Å²) in [5.41, 5.74) is 6.67. The average Bonchev–Trinajstić information content (AvgIpc) is 3.28. The van der Waals surface area contributed by atoms with Gasteiger partial charge in [-0.15, -0.1) is 0 Å². The van der Waals surface area contributed by atoms with Gasteiger partial charge in [-0.25, -0.2) is 0 Å². The molecule has 1 amide bonds. The molecule has 4 rings (SSSR count). The second kappa shape index (κ2) is 10.6. The molecule has 3 aromatic rings. The van der Waals surface area contributed by atoms with Crippen molar-refractivity contribution in [2.45, 2.75) is 45.8 Å². The SMILES string of the molecule is Cc1cc(C)cc(NC(=O)C(NCc2ccccc2CN2CCCC2)c2ccccc2)c1. The molecule has 4 heteroatoms. The number of carbonyl (C=O) groups is 1. The van der Waals surface area contributed by atoms with Crippen molar-refractivity contribution < 1.29 is 4.79 Å². The third-order valence-electron chi connectivity index (χ3n) is 6.09. The fraction of sp³-hybridized carbons (Fsp3) is 0.321. The molecule has 4 nitrogen and oxygen atoms in total. The first kappa shape index (κ1) is 22.3. The molecule has 0 aliphatic carbocycles. The summed E-state index contributed by atoms with van der Waals surface area (Å²) in [6.45, 7) is 8.06.